The van der Waals surface area contributed by atoms with Gasteiger partial charge < -0.3 is 20.1 Å². The molecule has 0 radical (unpaired) electrons. The number of carbonyl (C=O) groups is 1. The molecule has 0 saturated heterocycles. The molecule has 1 aromatic carbocycles. The highest BCUT2D eigenvalue weighted by atomic mass is 35.5. The van der Waals surface area contributed by atoms with Gasteiger partial charge >= 0.3 is 0 Å². The number of phenols is 3. The van der Waals surface area contributed by atoms with Gasteiger partial charge in [0.15, 0.2) is 0 Å². The average Bonchev–Trinajstić information content (AvgIpc) is 2.09. The van der Waals surface area contributed by atoms with Crippen molar-refractivity contribution < 1.29 is 20.1 Å². The summed E-state index contributed by atoms with van der Waals surface area (Å²) in [7, 11) is 0. The van der Waals surface area contributed by atoms with Gasteiger partial charge in [0.05, 0.1) is 0 Å². The molecule has 3 N–H and O–H groups in total. The summed E-state index contributed by atoms with van der Waals surface area (Å²) in [6.07, 6.45) is 2.15. The Hall–Kier alpha value is -1.42. The lowest BCUT2D eigenvalue weighted by atomic mass is 10.1. The van der Waals surface area contributed by atoms with Gasteiger partial charge in [0, 0.05) is 24.1 Å². The zero-order chi connectivity index (χ0) is 10.6. The van der Waals surface area contributed by atoms with E-state index in [4.69, 9.17) is 5.11 Å². The molecule has 0 aromatic heterocycles. The molecule has 0 spiro atoms. The highest BCUT2D eigenvalue weighted by Gasteiger charge is 2.08. The molecule has 0 saturated carbocycles. The van der Waals surface area contributed by atoms with Crippen molar-refractivity contribution in [1.29, 1.82) is 0 Å². The van der Waals surface area contributed by atoms with Crippen LogP contribution in [0.3, 0.4) is 0 Å². The average molecular weight is 233 g/mol. The lowest BCUT2D eigenvalue weighted by molar-refractivity contribution is -0.107. The Balaban J connectivity index is 0.00000196. The minimum atomic E-state index is -0.181. The van der Waals surface area contributed by atoms with Crippen LogP contribution < -0.4 is 0 Å². The van der Waals surface area contributed by atoms with E-state index in [-0.39, 0.29) is 29.7 Å². The second kappa shape index (κ2) is 6.14. The minimum Gasteiger partial charge on any atom is -0.508 e. The highest BCUT2D eigenvalue weighted by Crippen LogP contribution is 2.32. The molecule has 0 fully saturated rings. The van der Waals surface area contributed by atoms with Crippen molar-refractivity contribution in [3.05, 3.63) is 17.7 Å². The molecule has 0 aliphatic carbocycles. The molecule has 84 valence electrons. The van der Waals surface area contributed by atoms with Crippen LogP contribution in [0.4, 0.5) is 0 Å². The summed E-state index contributed by atoms with van der Waals surface area (Å²) >= 11 is 0. The lowest BCUT2D eigenvalue weighted by Gasteiger charge is -2.06. The Morgan fingerprint density at radius 3 is 2.13 bits per heavy atom. The quantitative estimate of drug-likeness (QED) is 0.546. The largest absolute Gasteiger partial charge is 0.508 e. The molecule has 0 atom stereocenters. The number of aldehydes is 1. The first-order valence-electron chi connectivity index (χ1n) is 4.32. The third-order valence-electron chi connectivity index (χ3n) is 1.94. The van der Waals surface area contributed by atoms with Crippen LogP contribution in [0.1, 0.15) is 18.4 Å². The summed E-state index contributed by atoms with van der Waals surface area (Å²) < 4.78 is 0. The zero-order valence-corrected chi connectivity index (χ0v) is 8.83. The molecule has 0 aliphatic rings. The van der Waals surface area contributed by atoms with Gasteiger partial charge in [-0.15, -0.1) is 12.4 Å². The summed E-state index contributed by atoms with van der Waals surface area (Å²) in [5.41, 5.74) is 0.365. The smallest absolute Gasteiger partial charge is 0.126 e. The van der Waals surface area contributed by atoms with E-state index in [1.807, 2.05) is 0 Å². The van der Waals surface area contributed by atoms with Gasteiger partial charge in [-0.25, -0.2) is 0 Å². The second-order valence-electron chi connectivity index (χ2n) is 3.02. The van der Waals surface area contributed by atoms with Crippen LogP contribution in [0.5, 0.6) is 17.2 Å². The Morgan fingerprint density at radius 2 is 1.67 bits per heavy atom. The summed E-state index contributed by atoms with van der Waals surface area (Å²) in [5.74, 6) is -0.471. The summed E-state index contributed by atoms with van der Waals surface area (Å²) in [4.78, 5) is 10.1. The van der Waals surface area contributed by atoms with Crippen molar-refractivity contribution in [3.8, 4) is 17.2 Å². The highest BCUT2D eigenvalue weighted by molar-refractivity contribution is 5.85. The van der Waals surface area contributed by atoms with Crippen molar-refractivity contribution in [3.63, 3.8) is 0 Å². The second-order valence-corrected chi connectivity index (χ2v) is 3.02. The monoisotopic (exact) mass is 232 g/mol. The van der Waals surface area contributed by atoms with E-state index >= 15 is 0 Å². The Morgan fingerprint density at radius 1 is 1.13 bits per heavy atom. The number of hydrogen-bond acceptors (Lipinski definition) is 4. The third-order valence-corrected chi connectivity index (χ3v) is 1.94. The van der Waals surface area contributed by atoms with E-state index < -0.39 is 0 Å². The summed E-state index contributed by atoms with van der Waals surface area (Å²) in [6.45, 7) is 0. The summed E-state index contributed by atoms with van der Waals surface area (Å²) in [5, 5.41) is 27.7. The maximum absolute atomic E-state index is 10.1. The van der Waals surface area contributed by atoms with E-state index in [0.29, 0.717) is 24.8 Å². The first-order valence-corrected chi connectivity index (χ1v) is 4.32. The topological polar surface area (TPSA) is 77.8 Å². The van der Waals surface area contributed by atoms with Crippen LogP contribution in [-0.2, 0) is 11.2 Å². The fraction of sp³-hybridized carbons (Fsp3) is 0.300. The van der Waals surface area contributed by atoms with Crippen molar-refractivity contribution in [2.45, 2.75) is 19.3 Å². The number of unbranched alkanes of at least 4 members (excludes halogenated alkanes) is 1. The molecule has 0 aliphatic heterocycles. The molecule has 1 rings (SSSR count). The van der Waals surface area contributed by atoms with Gasteiger partial charge in [-0.1, -0.05) is 0 Å². The standard InChI is InChI=1S/C10H12O4.ClH/c11-4-2-1-3-8-9(13)5-7(12)6-10(8)14;/h4-6,12-14H,1-3H2;1H. The van der Waals surface area contributed by atoms with Gasteiger partial charge in [0.25, 0.3) is 0 Å². The van der Waals surface area contributed by atoms with Crippen molar-refractivity contribution in [2.24, 2.45) is 0 Å². The number of benzene rings is 1. The predicted octanol–water partition coefficient (Wildman–Crippen LogP) is 1.75. The fourth-order valence-electron chi connectivity index (χ4n) is 1.25. The van der Waals surface area contributed by atoms with E-state index in [1.165, 1.54) is 0 Å². The summed E-state index contributed by atoms with van der Waals surface area (Å²) in [6, 6.07) is 2.33. The number of phenolic OH excluding ortho intramolecular Hbond substituents is 3. The van der Waals surface area contributed by atoms with E-state index in [1.54, 1.807) is 0 Å². The van der Waals surface area contributed by atoms with Gasteiger partial charge in [-0.2, -0.15) is 0 Å². The van der Waals surface area contributed by atoms with E-state index in [0.717, 1.165) is 18.4 Å². The van der Waals surface area contributed by atoms with Crippen molar-refractivity contribution in [1.82, 2.24) is 0 Å². The van der Waals surface area contributed by atoms with Crippen LogP contribution in [0, 0.1) is 0 Å². The van der Waals surface area contributed by atoms with Crippen molar-refractivity contribution in [2.75, 3.05) is 0 Å². The molecule has 0 amide bonds. The Bertz CT molecular complexity index is 315. The maximum Gasteiger partial charge on any atom is 0.126 e. The van der Waals surface area contributed by atoms with Gasteiger partial charge in [0.1, 0.15) is 23.5 Å². The number of rotatable bonds is 4. The van der Waals surface area contributed by atoms with Crippen LogP contribution in [0.25, 0.3) is 0 Å². The lowest BCUT2D eigenvalue weighted by Crippen LogP contribution is -1.88. The molecule has 0 bridgehead atoms. The van der Waals surface area contributed by atoms with Gasteiger partial charge in [-0.05, 0) is 12.8 Å². The molecule has 0 unspecified atom stereocenters. The molecule has 4 nitrogen and oxygen atoms in total. The van der Waals surface area contributed by atoms with Crippen LogP contribution in [0.2, 0.25) is 0 Å². The first kappa shape index (κ1) is 13.6. The van der Waals surface area contributed by atoms with Crippen LogP contribution >= 0.6 is 12.4 Å². The minimum absolute atomic E-state index is 0. The third kappa shape index (κ3) is 3.67. The molecule has 0 heterocycles. The van der Waals surface area contributed by atoms with Gasteiger partial charge in [-0.3, -0.25) is 0 Å². The number of hydrogen-bond donors (Lipinski definition) is 3. The van der Waals surface area contributed by atoms with Crippen LogP contribution in [-0.4, -0.2) is 21.6 Å². The molecule has 15 heavy (non-hydrogen) atoms. The van der Waals surface area contributed by atoms with E-state index in [9.17, 15) is 15.0 Å². The maximum atomic E-state index is 10.1. The Kier molecular flexibility index (Phi) is 5.56. The normalized spacial score (nSPS) is 9.33. The predicted molar refractivity (Wildman–Crippen MR) is 57.7 cm³/mol. The SMILES string of the molecule is Cl.O=CCCCc1c(O)cc(O)cc1O. The Labute approximate surface area is 93.6 Å². The van der Waals surface area contributed by atoms with Crippen molar-refractivity contribution >= 4 is 18.7 Å². The van der Waals surface area contributed by atoms with Gasteiger partial charge in [0.2, 0.25) is 0 Å². The number of aromatic hydroxyl groups is 3. The van der Waals surface area contributed by atoms with E-state index in [2.05, 4.69) is 0 Å². The first-order chi connectivity index (χ1) is 6.65. The molecule has 5 heteroatoms. The zero-order valence-electron chi connectivity index (χ0n) is 8.01. The molecular formula is C10H13ClO4. The molecule has 1 aromatic rings. The molecular weight excluding hydrogens is 220 g/mol. The number of halogens is 1. The number of carbonyl (C=O) groups excluding carboxylic acids is 1. The fourth-order valence-corrected chi connectivity index (χ4v) is 1.25. The van der Waals surface area contributed by atoms with Crippen LogP contribution in [0.15, 0.2) is 12.1 Å².